The molecule has 4 nitrogen and oxygen atoms in total. The molecular formula is C16H22N2O2. The van der Waals surface area contributed by atoms with Gasteiger partial charge in [0.15, 0.2) is 0 Å². The number of amides is 1. The van der Waals surface area contributed by atoms with Crippen molar-refractivity contribution >= 4 is 11.6 Å². The van der Waals surface area contributed by atoms with Crippen molar-refractivity contribution in [1.82, 2.24) is 5.32 Å². The third kappa shape index (κ3) is 3.51. The lowest BCUT2D eigenvalue weighted by atomic mass is 10.1. The van der Waals surface area contributed by atoms with Crippen LogP contribution in [-0.2, 0) is 4.79 Å². The zero-order chi connectivity index (χ0) is 13.9. The van der Waals surface area contributed by atoms with E-state index in [9.17, 15) is 4.79 Å². The first kappa shape index (κ1) is 13.4. The summed E-state index contributed by atoms with van der Waals surface area (Å²) in [6.45, 7) is 0.398. The first-order valence-corrected chi connectivity index (χ1v) is 7.43. The van der Waals surface area contributed by atoms with E-state index in [4.69, 9.17) is 4.74 Å². The molecule has 2 fully saturated rings. The number of methoxy groups -OCH3 is 1. The van der Waals surface area contributed by atoms with Crippen LogP contribution in [0.2, 0.25) is 0 Å². The van der Waals surface area contributed by atoms with Gasteiger partial charge in [0, 0.05) is 17.8 Å². The molecule has 2 aliphatic carbocycles. The van der Waals surface area contributed by atoms with Crippen molar-refractivity contribution in [1.29, 1.82) is 0 Å². The predicted octanol–water partition coefficient (Wildman–Crippen LogP) is 2.41. The Kier molecular flexibility index (Phi) is 3.92. The summed E-state index contributed by atoms with van der Waals surface area (Å²) in [4.78, 5) is 12.0. The van der Waals surface area contributed by atoms with Gasteiger partial charge in [-0.1, -0.05) is 6.07 Å². The molecule has 1 aromatic rings. The normalized spacial score (nSPS) is 18.1. The zero-order valence-electron chi connectivity index (χ0n) is 11.9. The van der Waals surface area contributed by atoms with Crippen LogP contribution in [0.5, 0.6) is 5.75 Å². The molecule has 0 unspecified atom stereocenters. The van der Waals surface area contributed by atoms with E-state index in [0.717, 1.165) is 23.3 Å². The molecule has 2 aliphatic rings. The minimum Gasteiger partial charge on any atom is -0.497 e. The molecule has 108 valence electrons. The van der Waals surface area contributed by atoms with E-state index in [-0.39, 0.29) is 5.91 Å². The maximum atomic E-state index is 12.0. The lowest BCUT2D eigenvalue weighted by Gasteiger charge is -2.17. The predicted molar refractivity (Wildman–Crippen MR) is 78.9 cm³/mol. The fourth-order valence-corrected chi connectivity index (χ4v) is 2.75. The lowest BCUT2D eigenvalue weighted by molar-refractivity contribution is -0.115. The average molecular weight is 274 g/mol. The van der Waals surface area contributed by atoms with E-state index in [2.05, 4.69) is 10.6 Å². The first-order chi connectivity index (χ1) is 9.76. The van der Waals surface area contributed by atoms with Gasteiger partial charge in [0.1, 0.15) is 5.75 Å². The molecule has 20 heavy (non-hydrogen) atoms. The second-order valence-corrected chi connectivity index (χ2v) is 5.86. The third-order valence-electron chi connectivity index (χ3n) is 4.11. The van der Waals surface area contributed by atoms with E-state index in [1.165, 1.54) is 25.7 Å². The SMILES string of the molecule is COc1cccc(NC(=O)CNC(C2CC2)C2CC2)c1. The van der Waals surface area contributed by atoms with Crippen LogP contribution in [0.1, 0.15) is 25.7 Å². The molecule has 1 aromatic carbocycles. The number of benzene rings is 1. The van der Waals surface area contributed by atoms with Crippen molar-refractivity contribution in [3.8, 4) is 5.75 Å². The Balaban J connectivity index is 1.48. The summed E-state index contributed by atoms with van der Waals surface area (Å²) < 4.78 is 5.15. The Morgan fingerprint density at radius 2 is 2.00 bits per heavy atom. The lowest BCUT2D eigenvalue weighted by Crippen LogP contribution is -2.38. The van der Waals surface area contributed by atoms with Crippen LogP contribution in [0.4, 0.5) is 5.69 Å². The second-order valence-electron chi connectivity index (χ2n) is 5.86. The van der Waals surface area contributed by atoms with Gasteiger partial charge in [0.05, 0.1) is 13.7 Å². The number of anilines is 1. The van der Waals surface area contributed by atoms with Crippen molar-refractivity contribution < 1.29 is 9.53 Å². The molecule has 0 saturated heterocycles. The highest BCUT2D eigenvalue weighted by Gasteiger charge is 2.41. The van der Waals surface area contributed by atoms with Gasteiger partial charge in [-0.05, 0) is 49.7 Å². The quantitative estimate of drug-likeness (QED) is 0.803. The highest BCUT2D eigenvalue weighted by molar-refractivity contribution is 5.92. The average Bonchev–Trinajstić information content (AvgIpc) is 3.32. The molecule has 0 aromatic heterocycles. The smallest absolute Gasteiger partial charge is 0.238 e. The number of carbonyl (C=O) groups excluding carboxylic acids is 1. The van der Waals surface area contributed by atoms with Crippen LogP contribution in [0.15, 0.2) is 24.3 Å². The first-order valence-electron chi connectivity index (χ1n) is 7.43. The molecule has 0 radical (unpaired) electrons. The van der Waals surface area contributed by atoms with Crippen molar-refractivity contribution in [2.24, 2.45) is 11.8 Å². The summed E-state index contributed by atoms with van der Waals surface area (Å²) in [5.41, 5.74) is 0.783. The molecule has 0 aliphatic heterocycles. The summed E-state index contributed by atoms with van der Waals surface area (Å²) in [7, 11) is 1.62. The highest BCUT2D eigenvalue weighted by Crippen LogP contribution is 2.44. The maximum Gasteiger partial charge on any atom is 0.238 e. The van der Waals surface area contributed by atoms with Crippen molar-refractivity contribution in [2.75, 3.05) is 19.0 Å². The largest absolute Gasteiger partial charge is 0.497 e. The minimum atomic E-state index is 0.0181. The molecule has 4 heteroatoms. The van der Waals surface area contributed by atoms with Crippen molar-refractivity contribution in [2.45, 2.75) is 31.7 Å². The fourth-order valence-electron chi connectivity index (χ4n) is 2.75. The van der Waals surface area contributed by atoms with Crippen LogP contribution in [0.25, 0.3) is 0 Å². The molecule has 0 heterocycles. The van der Waals surface area contributed by atoms with Crippen molar-refractivity contribution in [3.05, 3.63) is 24.3 Å². The number of rotatable bonds is 7. The van der Waals surface area contributed by atoms with Gasteiger partial charge in [0.2, 0.25) is 5.91 Å². The van der Waals surface area contributed by atoms with E-state index >= 15 is 0 Å². The van der Waals surface area contributed by atoms with Crippen LogP contribution in [0.3, 0.4) is 0 Å². The van der Waals surface area contributed by atoms with Gasteiger partial charge in [-0.2, -0.15) is 0 Å². The Labute approximate surface area is 119 Å². The molecule has 2 N–H and O–H groups in total. The molecule has 3 rings (SSSR count). The standard InChI is InChI=1S/C16H22N2O2/c1-20-14-4-2-3-13(9-14)18-15(19)10-17-16(11-5-6-11)12-7-8-12/h2-4,9,11-12,16-17H,5-8,10H2,1H3,(H,18,19). The minimum absolute atomic E-state index is 0.0181. The van der Waals surface area contributed by atoms with Gasteiger partial charge in [-0.15, -0.1) is 0 Å². The Morgan fingerprint density at radius 3 is 2.60 bits per heavy atom. The summed E-state index contributed by atoms with van der Waals surface area (Å²) in [5, 5.41) is 6.36. The number of nitrogens with one attached hydrogen (secondary N) is 2. The summed E-state index contributed by atoms with van der Waals surface area (Å²) in [6.07, 6.45) is 5.30. The van der Waals surface area contributed by atoms with Gasteiger partial charge < -0.3 is 15.4 Å². The fraction of sp³-hybridized carbons (Fsp3) is 0.562. The van der Waals surface area contributed by atoms with Crippen LogP contribution in [-0.4, -0.2) is 25.6 Å². The number of hydrogen-bond donors (Lipinski definition) is 2. The van der Waals surface area contributed by atoms with Crippen LogP contribution >= 0.6 is 0 Å². The molecule has 0 bridgehead atoms. The van der Waals surface area contributed by atoms with Gasteiger partial charge in [-0.25, -0.2) is 0 Å². The highest BCUT2D eigenvalue weighted by atomic mass is 16.5. The van der Waals surface area contributed by atoms with Crippen molar-refractivity contribution in [3.63, 3.8) is 0 Å². The van der Waals surface area contributed by atoms with E-state index in [1.807, 2.05) is 24.3 Å². The Morgan fingerprint density at radius 1 is 1.30 bits per heavy atom. The van der Waals surface area contributed by atoms with Gasteiger partial charge in [-0.3, -0.25) is 4.79 Å². The molecule has 0 spiro atoms. The Bertz CT molecular complexity index is 469. The topological polar surface area (TPSA) is 50.4 Å². The molecular weight excluding hydrogens is 252 g/mol. The van der Waals surface area contributed by atoms with Gasteiger partial charge >= 0.3 is 0 Å². The maximum absolute atomic E-state index is 12.0. The molecule has 1 amide bonds. The van der Waals surface area contributed by atoms with E-state index < -0.39 is 0 Å². The molecule has 2 saturated carbocycles. The van der Waals surface area contributed by atoms with Gasteiger partial charge in [0.25, 0.3) is 0 Å². The summed E-state index contributed by atoms with van der Waals surface area (Å²) in [6, 6.07) is 8.01. The number of carbonyl (C=O) groups is 1. The van der Waals surface area contributed by atoms with Crippen LogP contribution in [0, 0.1) is 11.8 Å². The summed E-state index contributed by atoms with van der Waals surface area (Å²) in [5.74, 6) is 2.40. The third-order valence-corrected chi connectivity index (χ3v) is 4.11. The number of hydrogen-bond acceptors (Lipinski definition) is 3. The Hall–Kier alpha value is -1.55. The monoisotopic (exact) mass is 274 g/mol. The number of ether oxygens (including phenoxy) is 1. The summed E-state index contributed by atoms with van der Waals surface area (Å²) >= 11 is 0. The van der Waals surface area contributed by atoms with Crippen LogP contribution < -0.4 is 15.4 Å². The van der Waals surface area contributed by atoms with E-state index in [0.29, 0.717) is 12.6 Å². The zero-order valence-corrected chi connectivity index (χ0v) is 11.9. The van der Waals surface area contributed by atoms with E-state index in [1.54, 1.807) is 7.11 Å². The molecule has 0 atom stereocenters. The second kappa shape index (κ2) is 5.83.